The normalized spacial score (nSPS) is 10.6. The minimum Gasteiger partial charge on any atom is -0.264 e. The van der Waals surface area contributed by atoms with Crippen molar-refractivity contribution in [3.05, 3.63) is 53.8 Å². The molecule has 0 aliphatic heterocycles. The van der Waals surface area contributed by atoms with E-state index in [1.165, 1.54) is 0 Å². The Bertz CT molecular complexity index is 689. The molecule has 0 fully saturated rings. The lowest BCUT2D eigenvalue weighted by atomic mass is 10.2. The highest BCUT2D eigenvalue weighted by atomic mass is 35.5. The molecule has 3 aromatic rings. The second-order valence-electron chi connectivity index (χ2n) is 4.13. The van der Waals surface area contributed by atoms with E-state index in [9.17, 15) is 0 Å². The van der Waals surface area contributed by atoms with Crippen molar-refractivity contribution in [3.8, 4) is 22.8 Å². The lowest BCUT2D eigenvalue weighted by Gasteiger charge is -1.97. The molecule has 1 aromatic carbocycles. The summed E-state index contributed by atoms with van der Waals surface area (Å²) in [4.78, 5) is 8.65. The highest BCUT2D eigenvalue weighted by Gasteiger charge is 2.10. The van der Waals surface area contributed by atoms with E-state index in [2.05, 4.69) is 15.1 Å². The van der Waals surface area contributed by atoms with Gasteiger partial charge < -0.3 is 0 Å². The van der Waals surface area contributed by atoms with Crippen molar-refractivity contribution in [1.82, 2.24) is 19.7 Å². The maximum Gasteiger partial charge on any atom is 0.181 e. The van der Waals surface area contributed by atoms with Gasteiger partial charge in [-0.3, -0.25) is 4.98 Å². The summed E-state index contributed by atoms with van der Waals surface area (Å²) < 4.78 is 1.75. The van der Waals surface area contributed by atoms with Crippen molar-refractivity contribution in [2.24, 2.45) is 7.05 Å². The fourth-order valence-electron chi connectivity index (χ4n) is 1.85. The molecule has 94 valence electrons. The lowest BCUT2D eigenvalue weighted by molar-refractivity contribution is 0.777. The number of hydrogen-bond donors (Lipinski definition) is 0. The molecule has 0 atom stereocenters. The summed E-state index contributed by atoms with van der Waals surface area (Å²) in [6, 6.07) is 11.3. The van der Waals surface area contributed by atoms with Crippen LogP contribution in [0.15, 0.2) is 48.8 Å². The van der Waals surface area contributed by atoms with Gasteiger partial charge in [0.2, 0.25) is 0 Å². The van der Waals surface area contributed by atoms with Crippen LogP contribution >= 0.6 is 11.6 Å². The molecule has 2 heterocycles. The first-order chi connectivity index (χ1) is 9.24. The quantitative estimate of drug-likeness (QED) is 0.718. The van der Waals surface area contributed by atoms with E-state index in [0.29, 0.717) is 10.8 Å². The Labute approximate surface area is 115 Å². The Morgan fingerprint density at radius 3 is 2.53 bits per heavy atom. The van der Waals surface area contributed by atoms with Gasteiger partial charge in [-0.2, -0.15) is 5.10 Å². The molecule has 19 heavy (non-hydrogen) atoms. The van der Waals surface area contributed by atoms with Crippen LogP contribution < -0.4 is 0 Å². The third kappa shape index (κ3) is 2.35. The van der Waals surface area contributed by atoms with E-state index in [1.807, 2.05) is 43.4 Å². The maximum atomic E-state index is 5.88. The highest BCUT2D eigenvalue weighted by molar-refractivity contribution is 6.30. The number of aryl methyl sites for hydroxylation is 1. The Kier molecular flexibility index (Phi) is 3.01. The number of nitrogens with zero attached hydrogens (tertiary/aromatic N) is 4. The number of aromatic nitrogens is 4. The van der Waals surface area contributed by atoms with Gasteiger partial charge in [-0.05, 0) is 36.4 Å². The molecule has 2 aromatic heterocycles. The molecule has 3 rings (SSSR count). The summed E-state index contributed by atoms with van der Waals surface area (Å²) in [6.07, 6.45) is 3.51. The van der Waals surface area contributed by atoms with E-state index in [-0.39, 0.29) is 0 Å². The third-order valence-corrected chi connectivity index (χ3v) is 3.04. The highest BCUT2D eigenvalue weighted by Crippen LogP contribution is 2.22. The van der Waals surface area contributed by atoms with E-state index < -0.39 is 0 Å². The van der Waals surface area contributed by atoms with Crippen LogP contribution in [0.5, 0.6) is 0 Å². The minimum absolute atomic E-state index is 0.679. The molecule has 0 aliphatic carbocycles. The zero-order valence-electron chi connectivity index (χ0n) is 10.3. The Morgan fingerprint density at radius 2 is 1.84 bits per heavy atom. The summed E-state index contributed by atoms with van der Waals surface area (Å²) in [5.74, 6) is 1.47. The zero-order chi connectivity index (χ0) is 13.2. The summed E-state index contributed by atoms with van der Waals surface area (Å²) >= 11 is 5.88. The molecule has 0 N–H and O–H groups in total. The molecule has 0 amide bonds. The van der Waals surface area contributed by atoms with E-state index in [1.54, 1.807) is 17.1 Å². The van der Waals surface area contributed by atoms with Gasteiger partial charge in [0.1, 0.15) is 0 Å². The molecule has 0 unspecified atom stereocenters. The fraction of sp³-hybridized carbons (Fsp3) is 0.0714. The maximum absolute atomic E-state index is 5.88. The van der Waals surface area contributed by atoms with Crippen molar-refractivity contribution in [1.29, 1.82) is 0 Å². The smallest absolute Gasteiger partial charge is 0.181 e. The molecule has 0 saturated heterocycles. The van der Waals surface area contributed by atoms with E-state index in [4.69, 9.17) is 11.6 Å². The Hall–Kier alpha value is -2.20. The van der Waals surface area contributed by atoms with E-state index >= 15 is 0 Å². The van der Waals surface area contributed by atoms with Gasteiger partial charge in [0.05, 0.1) is 0 Å². The first-order valence-electron chi connectivity index (χ1n) is 5.81. The van der Waals surface area contributed by atoms with Crippen molar-refractivity contribution in [2.45, 2.75) is 0 Å². The monoisotopic (exact) mass is 270 g/mol. The second-order valence-corrected chi connectivity index (χ2v) is 4.57. The van der Waals surface area contributed by atoms with Gasteiger partial charge in [-0.25, -0.2) is 9.67 Å². The van der Waals surface area contributed by atoms with Gasteiger partial charge >= 0.3 is 0 Å². The SMILES string of the molecule is Cn1nc(-c2ccc(Cl)cc2)nc1-c1cccnc1. The Morgan fingerprint density at radius 1 is 1.05 bits per heavy atom. The van der Waals surface area contributed by atoms with Crippen LogP contribution in [0.25, 0.3) is 22.8 Å². The second kappa shape index (κ2) is 4.82. The van der Waals surface area contributed by atoms with Crippen LogP contribution in [0.4, 0.5) is 0 Å². The topological polar surface area (TPSA) is 43.6 Å². The van der Waals surface area contributed by atoms with Crippen LogP contribution in [0.1, 0.15) is 0 Å². The third-order valence-electron chi connectivity index (χ3n) is 2.79. The van der Waals surface area contributed by atoms with Crippen molar-refractivity contribution >= 4 is 11.6 Å². The summed E-state index contributed by atoms with van der Waals surface area (Å²) in [5, 5.41) is 5.12. The number of halogens is 1. The van der Waals surface area contributed by atoms with Gasteiger partial charge in [0.15, 0.2) is 11.6 Å². The van der Waals surface area contributed by atoms with Crippen LogP contribution in [-0.2, 0) is 7.05 Å². The standard InChI is InChI=1S/C14H11ClN4/c1-19-14(11-3-2-8-16-9-11)17-13(18-19)10-4-6-12(15)7-5-10/h2-9H,1H3. The summed E-state index contributed by atoms with van der Waals surface area (Å²) in [7, 11) is 1.87. The summed E-state index contributed by atoms with van der Waals surface area (Å²) in [5.41, 5.74) is 1.88. The minimum atomic E-state index is 0.679. The number of rotatable bonds is 2. The number of pyridine rings is 1. The van der Waals surface area contributed by atoms with Gasteiger partial charge in [0, 0.05) is 35.6 Å². The van der Waals surface area contributed by atoms with Crippen molar-refractivity contribution in [2.75, 3.05) is 0 Å². The molecule has 0 saturated carbocycles. The van der Waals surface area contributed by atoms with Gasteiger partial charge in [0.25, 0.3) is 0 Å². The molecule has 0 spiro atoms. The van der Waals surface area contributed by atoms with Gasteiger partial charge in [-0.15, -0.1) is 0 Å². The number of hydrogen-bond acceptors (Lipinski definition) is 3. The molecular formula is C14H11ClN4. The van der Waals surface area contributed by atoms with E-state index in [0.717, 1.165) is 17.0 Å². The predicted octanol–water partition coefficient (Wildman–Crippen LogP) is 3.20. The van der Waals surface area contributed by atoms with Gasteiger partial charge in [-0.1, -0.05) is 11.6 Å². The van der Waals surface area contributed by atoms with Crippen molar-refractivity contribution in [3.63, 3.8) is 0 Å². The molecule has 5 heteroatoms. The fourth-order valence-corrected chi connectivity index (χ4v) is 1.98. The predicted molar refractivity (Wildman–Crippen MR) is 74.7 cm³/mol. The molecule has 0 radical (unpaired) electrons. The van der Waals surface area contributed by atoms with Crippen LogP contribution in [-0.4, -0.2) is 19.7 Å². The molecular weight excluding hydrogens is 260 g/mol. The number of benzene rings is 1. The van der Waals surface area contributed by atoms with Crippen molar-refractivity contribution < 1.29 is 0 Å². The average molecular weight is 271 g/mol. The van der Waals surface area contributed by atoms with Crippen LogP contribution in [0, 0.1) is 0 Å². The summed E-state index contributed by atoms with van der Waals surface area (Å²) in [6.45, 7) is 0. The molecule has 0 aliphatic rings. The molecule has 0 bridgehead atoms. The first-order valence-corrected chi connectivity index (χ1v) is 6.19. The zero-order valence-corrected chi connectivity index (χ0v) is 11.0. The Balaban J connectivity index is 2.04. The first kappa shape index (κ1) is 11.9. The average Bonchev–Trinajstić information content (AvgIpc) is 2.83. The van der Waals surface area contributed by atoms with Crippen LogP contribution in [0.2, 0.25) is 5.02 Å². The lowest BCUT2D eigenvalue weighted by Crippen LogP contribution is -1.94. The van der Waals surface area contributed by atoms with Crippen LogP contribution in [0.3, 0.4) is 0 Å². The molecule has 4 nitrogen and oxygen atoms in total. The largest absolute Gasteiger partial charge is 0.264 e.